The highest BCUT2D eigenvalue weighted by atomic mass is 32.2. The first-order valence-corrected chi connectivity index (χ1v) is 7.46. The molecule has 0 spiro atoms. The quantitative estimate of drug-likeness (QED) is 0.591. The van der Waals surface area contributed by atoms with E-state index in [1.165, 1.54) is 37.9 Å². The SMILES string of the molecule is CCN(C(=O)C(F)(F)F)c1ccc(SCCC(=O)OC)cc1. The van der Waals surface area contributed by atoms with Crippen molar-refractivity contribution in [3.63, 3.8) is 0 Å². The number of benzene rings is 1. The Hall–Kier alpha value is -1.70. The number of esters is 1. The van der Waals surface area contributed by atoms with Gasteiger partial charge >= 0.3 is 18.1 Å². The minimum absolute atomic E-state index is 0.0762. The van der Waals surface area contributed by atoms with Gasteiger partial charge in [0.2, 0.25) is 0 Å². The number of thioether (sulfide) groups is 1. The topological polar surface area (TPSA) is 46.6 Å². The van der Waals surface area contributed by atoms with Crippen LogP contribution in [0.1, 0.15) is 13.3 Å². The van der Waals surface area contributed by atoms with E-state index in [0.717, 1.165) is 4.90 Å². The fourth-order valence-electron chi connectivity index (χ4n) is 1.67. The Bertz CT molecular complexity index is 517. The molecule has 1 aromatic carbocycles. The monoisotopic (exact) mass is 335 g/mol. The number of carbonyl (C=O) groups is 2. The zero-order chi connectivity index (χ0) is 16.8. The Balaban J connectivity index is 2.70. The summed E-state index contributed by atoms with van der Waals surface area (Å²) in [5.41, 5.74) is 0.183. The lowest BCUT2D eigenvalue weighted by atomic mass is 10.3. The van der Waals surface area contributed by atoms with Gasteiger partial charge in [-0.15, -0.1) is 11.8 Å². The third-order valence-corrected chi connectivity index (χ3v) is 3.77. The molecule has 0 aliphatic rings. The van der Waals surface area contributed by atoms with E-state index in [0.29, 0.717) is 10.7 Å². The van der Waals surface area contributed by atoms with Gasteiger partial charge in [-0.1, -0.05) is 0 Å². The summed E-state index contributed by atoms with van der Waals surface area (Å²) in [6.45, 7) is 1.40. The lowest BCUT2D eigenvalue weighted by molar-refractivity contribution is -0.170. The van der Waals surface area contributed by atoms with Crippen LogP contribution in [-0.2, 0) is 14.3 Å². The van der Waals surface area contributed by atoms with Crippen molar-refractivity contribution in [3.05, 3.63) is 24.3 Å². The minimum Gasteiger partial charge on any atom is -0.469 e. The number of anilines is 1. The van der Waals surface area contributed by atoms with Crippen molar-refractivity contribution in [2.75, 3.05) is 24.3 Å². The van der Waals surface area contributed by atoms with Crippen LogP contribution in [0.4, 0.5) is 18.9 Å². The predicted octanol–water partition coefficient (Wildman–Crippen LogP) is 3.26. The molecule has 8 heteroatoms. The number of hydrogen-bond donors (Lipinski definition) is 0. The standard InChI is InChI=1S/C14H16F3NO3S/c1-3-18(13(20)14(15,16)17)10-4-6-11(7-5-10)22-9-8-12(19)21-2/h4-7H,3,8-9H2,1-2H3. The average molecular weight is 335 g/mol. The first kappa shape index (κ1) is 18.3. The second-order valence-corrected chi connectivity index (χ2v) is 5.38. The van der Waals surface area contributed by atoms with E-state index >= 15 is 0 Å². The number of alkyl halides is 3. The molecule has 0 aliphatic heterocycles. The van der Waals surface area contributed by atoms with Crippen molar-refractivity contribution >= 4 is 29.3 Å². The molecule has 0 unspecified atom stereocenters. The Morgan fingerprint density at radius 2 is 1.82 bits per heavy atom. The number of carbonyl (C=O) groups excluding carboxylic acids is 2. The average Bonchev–Trinajstić information content (AvgIpc) is 2.48. The van der Waals surface area contributed by atoms with Gasteiger partial charge in [0, 0.05) is 22.9 Å². The van der Waals surface area contributed by atoms with Crippen LogP contribution in [0.5, 0.6) is 0 Å². The largest absolute Gasteiger partial charge is 0.471 e. The fraction of sp³-hybridized carbons (Fsp3) is 0.429. The van der Waals surface area contributed by atoms with Gasteiger partial charge in [0.1, 0.15) is 0 Å². The van der Waals surface area contributed by atoms with Crippen molar-refractivity contribution in [2.45, 2.75) is 24.4 Å². The molecule has 22 heavy (non-hydrogen) atoms. The maximum Gasteiger partial charge on any atom is 0.471 e. The minimum atomic E-state index is -4.90. The molecule has 0 saturated heterocycles. The highest BCUT2D eigenvalue weighted by Gasteiger charge is 2.42. The van der Waals surface area contributed by atoms with Crippen LogP contribution in [0.2, 0.25) is 0 Å². The van der Waals surface area contributed by atoms with Gasteiger partial charge in [-0.2, -0.15) is 13.2 Å². The molecule has 0 heterocycles. The van der Waals surface area contributed by atoms with Crippen LogP contribution in [0.25, 0.3) is 0 Å². The van der Waals surface area contributed by atoms with E-state index < -0.39 is 12.1 Å². The number of methoxy groups -OCH3 is 1. The molecule has 4 nitrogen and oxygen atoms in total. The van der Waals surface area contributed by atoms with Crippen LogP contribution in [0.15, 0.2) is 29.2 Å². The van der Waals surface area contributed by atoms with E-state index in [-0.39, 0.29) is 24.6 Å². The lowest BCUT2D eigenvalue weighted by Crippen LogP contribution is -2.41. The molecule has 0 fully saturated rings. The number of rotatable bonds is 6. The van der Waals surface area contributed by atoms with Gasteiger partial charge in [-0.05, 0) is 31.2 Å². The van der Waals surface area contributed by atoms with E-state index in [1.807, 2.05) is 0 Å². The summed E-state index contributed by atoms with van der Waals surface area (Å²) in [5.74, 6) is -1.71. The molecule has 0 aromatic heterocycles. The van der Waals surface area contributed by atoms with Crippen LogP contribution in [0.3, 0.4) is 0 Å². The van der Waals surface area contributed by atoms with Gasteiger partial charge in [-0.3, -0.25) is 9.59 Å². The molecule has 0 N–H and O–H groups in total. The molecule has 0 saturated carbocycles. The summed E-state index contributed by atoms with van der Waals surface area (Å²) in [6, 6.07) is 6.13. The third kappa shape index (κ3) is 5.25. The molecular weight excluding hydrogens is 319 g/mol. The molecule has 0 atom stereocenters. The maximum absolute atomic E-state index is 12.5. The Morgan fingerprint density at radius 1 is 1.23 bits per heavy atom. The highest BCUT2D eigenvalue weighted by Crippen LogP contribution is 2.26. The number of amides is 1. The first-order valence-electron chi connectivity index (χ1n) is 6.48. The fourth-order valence-corrected chi connectivity index (χ4v) is 2.51. The number of hydrogen-bond acceptors (Lipinski definition) is 4. The van der Waals surface area contributed by atoms with Crippen molar-refractivity contribution in [1.29, 1.82) is 0 Å². The van der Waals surface area contributed by atoms with Gasteiger partial charge in [0.15, 0.2) is 0 Å². The first-order chi connectivity index (χ1) is 10.3. The number of halogens is 3. The van der Waals surface area contributed by atoms with Crippen LogP contribution in [-0.4, -0.2) is 37.5 Å². The zero-order valence-electron chi connectivity index (χ0n) is 12.1. The molecule has 1 rings (SSSR count). The molecular formula is C14H16F3NO3S. The Kier molecular flexibility index (Phi) is 6.73. The lowest BCUT2D eigenvalue weighted by Gasteiger charge is -2.22. The van der Waals surface area contributed by atoms with Crippen molar-refractivity contribution < 1.29 is 27.5 Å². The zero-order valence-corrected chi connectivity index (χ0v) is 13.0. The Morgan fingerprint density at radius 3 is 2.27 bits per heavy atom. The molecule has 1 amide bonds. The van der Waals surface area contributed by atoms with Crippen molar-refractivity contribution in [2.24, 2.45) is 0 Å². The van der Waals surface area contributed by atoms with Crippen LogP contribution < -0.4 is 4.90 Å². The highest BCUT2D eigenvalue weighted by molar-refractivity contribution is 7.99. The van der Waals surface area contributed by atoms with E-state index in [4.69, 9.17) is 0 Å². The summed E-state index contributed by atoms with van der Waals surface area (Å²) in [5, 5.41) is 0. The second-order valence-electron chi connectivity index (χ2n) is 4.22. The summed E-state index contributed by atoms with van der Waals surface area (Å²) in [7, 11) is 1.30. The summed E-state index contributed by atoms with van der Waals surface area (Å²) in [6.07, 6.45) is -4.65. The third-order valence-electron chi connectivity index (χ3n) is 2.75. The molecule has 0 aliphatic carbocycles. The molecule has 0 bridgehead atoms. The van der Waals surface area contributed by atoms with Crippen LogP contribution in [0, 0.1) is 0 Å². The van der Waals surface area contributed by atoms with Gasteiger partial charge < -0.3 is 9.64 Å². The Labute approximate surface area is 130 Å². The van der Waals surface area contributed by atoms with E-state index in [9.17, 15) is 22.8 Å². The van der Waals surface area contributed by atoms with E-state index in [1.54, 1.807) is 12.1 Å². The molecule has 122 valence electrons. The van der Waals surface area contributed by atoms with Crippen molar-refractivity contribution in [1.82, 2.24) is 0 Å². The summed E-state index contributed by atoms with van der Waals surface area (Å²) in [4.78, 5) is 23.7. The van der Waals surface area contributed by atoms with Gasteiger partial charge in [0.05, 0.1) is 13.5 Å². The van der Waals surface area contributed by atoms with Crippen LogP contribution >= 0.6 is 11.8 Å². The molecule has 0 radical (unpaired) electrons. The molecule has 1 aromatic rings. The van der Waals surface area contributed by atoms with Gasteiger partial charge in [-0.25, -0.2) is 0 Å². The number of nitrogens with zero attached hydrogens (tertiary/aromatic N) is 1. The normalized spacial score (nSPS) is 11.1. The summed E-state index contributed by atoms with van der Waals surface area (Å²) < 4.78 is 42.0. The second kappa shape index (κ2) is 8.07. The number of ether oxygens (including phenoxy) is 1. The summed E-state index contributed by atoms with van der Waals surface area (Å²) >= 11 is 1.38. The van der Waals surface area contributed by atoms with E-state index in [2.05, 4.69) is 4.74 Å². The smallest absolute Gasteiger partial charge is 0.469 e. The maximum atomic E-state index is 12.5. The van der Waals surface area contributed by atoms with Crippen molar-refractivity contribution in [3.8, 4) is 0 Å². The predicted molar refractivity (Wildman–Crippen MR) is 77.9 cm³/mol. The van der Waals surface area contributed by atoms with Gasteiger partial charge in [0.25, 0.3) is 0 Å².